The molecule has 70 valence electrons. The first-order chi connectivity index (χ1) is 5.80. The lowest BCUT2D eigenvalue weighted by Crippen LogP contribution is -1.73. The summed E-state index contributed by atoms with van der Waals surface area (Å²) in [6.07, 6.45) is 3.72. The van der Waals surface area contributed by atoms with Crippen LogP contribution in [0.5, 0.6) is 0 Å². The van der Waals surface area contributed by atoms with Crippen molar-refractivity contribution >= 4 is 12.2 Å². The SMILES string of the molecule is CC.CC.Cc1c[nH]ccc1=S. The first kappa shape index (κ1) is 13.9. The van der Waals surface area contributed by atoms with Gasteiger partial charge < -0.3 is 4.98 Å². The predicted molar refractivity (Wildman–Crippen MR) is 59.1 cm³/mol. The smallest absolute Gasteiger partial charge is 0.0435 e. The molecule has 0 unspecified atom stereocenters. The number of hydrogen-bond acceptors (Lipinski definition) is 1. The molecule has 0 saturated heterocycles. The van der Waals surface area contributed by atoms with Crippen LogP contribution in [0.25, 0.3) is 0 Å². The Balaban J connectivity index is 0. The van der Waals surface area contributed by atoms with Crippen LogP contribution in [0.1, 0.15) is 33.3 Å². The molecule has 1 rings (SSSR count). The molecule has 1 aromatic rings. The Labute approximate surface area is 80.8 Å². The molecule has 0 aliphatic heterocycles. The van der Waals surface area contributed by atoms with E-state index in [1.807, 2.05) is 53.1 Å². The summed E-state index contributed by atoms with van der Waals surface area (Å²) in [7, 11) is 0. The number of rotatable bonds is 0. The molecule has 0 amide bonds. The molecule has 0 bridgehead atoms. The zero-order chi connectivity index (χ0) is 9.98. The van der Waals surface area contributed by atoms with E-state index >= 15 is 0 Å². The average Bonchev–Trinajstić information content (AvgIpc) is 2.17. The van der Waals surface area contributed by atoms with Gasteiger partial charge in [0, 0.05) is 16.9 Å². The molecule has 0 spiro atoms. The number of hydrogen-bond donors (Lipinski definition) is 1. The molecule has 1 N–H and O–H groups in total. The highest BCUT2D eigenvalue weighted by Crippen LogP contribution is 1.94. The second-order valence-corrected chi connectivity index (χ2v) is 2.13. The molecule has 0 fully saturated rings. The van der Waals surface area contributed by atoms with Gasteiger partial charge in [-0.1, -0.05) is 39.9 Å². The average molecular weight is 185 g/mol. The van der Waals surface area contributed by atoms with E-state index in [1.165, 1.54) is 0 Å². The van der Waals surface area contributed by atoms with Gasteiger partial charge in [0.15, 0.2) is 0 Å². The predicted octanol–water partition coefficient (Wildman–Crippen LogP) is 4.11. The van der Waals surface area contributed by atoms with Crippen molar-refractivity contribution in [2.45, 2.75) is 34.6 Å². The Morgan fingerprint density at radius 1 is 1.17 bits per heavy atom. The summed E-state index contributed by atoms with van der Waals surface area (Å²) in [5.41, 5.74) is 1.13. The molecule has 12 heavy (non-hydrogen) atoms. The van der Waals surface area contributed by atoms with Gasteiger partial charge >= 0.3 is 0 Å². The highest BCUT2D eigenvalue weighted by atomic mass is 32.1. The lowest BCUT2D eigenvalue weighted by molar-refractivity contribution is 1.26. The zero-order valence-electron chi connectivity index (χ0n) is 8.64. The van der Waals surface area contributed by atoms with Gasteiger partial charge in [-0.15, -0.1) is 0 Å². The normalized spacial score (nSPS) is 7.08. The summed E-state index contributed by atoms with van der Waals surface area (Å²) < 4.78 is 0.920. The lowest BCUT2D eigenvalue weighted by atomic mass is 10.3. The molecular weight excluding hydrogens is 166 g/mol. The first-order valence-electron chi connectivity index (χ1n) is 4.44. The summed E-state index contributed by atoms with van der Waals surface area (Å²) in [6.45, 7) is 9.98. The van der Waals surface area contributed by atoms with Crippen molar-refractivity contribution in [2.75, 3.05) is 0 Å². The summed E-state index contributed by atoms with van der Waals surface area (Å²) in [5, 5.41) is 0. The van der Waals surface area contributed by atoms with Crippen LogP contribution in [-0.2, 0) is 0 Å². The van der Waals surface area contributed by atoms with E-state index < -0.39 is 0 Å². The third-order valence-electron chi connectivity index (χ3n) is 1.02. The van der Waals surface area contributed by atoms with Crippen LogP contribution in [0.4, 0.5) is 0 Å². The topological polar surface area (TPSA) is 15.8 Å². The maximum Gasteiger partial charge on any atom is 0.0435 e. The molecule has 0 aliphatic rings. The largest absolute Gasteiger partial charge is 0.367 e. The zero-order valence-corrected chi connectivity index (χ0v) is 9.46. The molecule has 2 heteroatoms. The fourth-order valence-electron chi connectivity index (χ4n) is 0.499. The fraction of sp³-hybridized carbons (Fsp3) is 0.500. The summed E-state index contributed by atoms with van der Waals surface area (Å²) >= 11 is 4.93. The number of nitrogens with one attached hydrogen (secondary N) is 1. The number of aryl methyl sites for hydroxylation is 1. The Morgan fingerprint density at radius 2 is 1.67 bits per heavy atom. The van der Waals surface area contributed by atoms with Gasteiger partial charge in [0.05, 0.1) is 0 Å². The molecule has 0 radical (unpaired) electrons. The second kappa shape index (κ2) is 10.4. The van der Waals surface area contributed by atoms with Crippen molar-refractivity contribution in [2.24, 2.45) is 0 Å². The van der Waals surface area contributed by atoms with Crippen LogP contribution in [0, 0.1) is 11.4 Å². The Bertz CT molecular complexity index is 227. The van der Waals surface area contributed by atoms with E-state index in [0.29, 0.717) is 0 Å². The van der Waals surface area contributed by atoms with Crippen LogP contribution in [0.2, 0.25) is 0 Å². The summed E-state index contributed by atoms with van der Waals surface area (Å²) in [5.74, 6) is 0. The van der Waals surface area contributed by atoms with Crippen LogP contribution in [0.15, 0.2) is 18.5 Å². The van der Waals surface area contributed by atoms with Crippen LogP contribution in [-0.4, -0.2) is 4.98 Å². The van der Waals surface area contributed by atoms with E-state index in [1.54, 1.807) is 0 Å². The maximum atomic E-state index is 4.93. The van der Waals surface area contributed by atoms with Crippen molar-refractivity contribution < 1.29 is 0 Å². The van der Waals surface area contributed by atoms with Crippen molar-refractivity contribution in [3.8, 4) is 0 Å². The maximum absolute atomic E-state index is 4.93. The van der Waals surface area contributed by atoms with Gasteiger partial charge in [-0.3, -0.25) is 0 Å². The summed E-state index contributed by atoms with van der Waals surface area (Å²) in [6, 6.07) is 1.88. The molecule has 1 nitrogen and oxygen atoms in total. The molecule has 0 saturated carbocycles. The highest BCUT2D eigenvalue weighted by Gasteiger charge is 1.79. The standard InChI is InChI=1S/C6H7NS.2C2H6/c1-5-4-7-3-2-6(5)8;2*1-2/h2-4H,1H3,(H,7,8);2*1-2H3. The molecule has 0 aliphatic carbocycles. The number of aromatic nitrogens is 1. The van der Waals surface area contributed by atoms with Gasteiger partial charge in [0.1, 0.15) is 0 Å². The molecule has 0 atom stereocenters. The van der Waals surface area contributed by atoms with Gasteiger partial charge in [-0.2, -0.15) is 0 Å². The number of aromatic amines is 1. The van der Waals surface area contributed by atoms with Gasteiger partial charge in [-0.25, -0.2) is 0 Å². The van der Waals surface area contributed by atoms with Crippen molar-refractivity contribution in [3.63, 3.8) is 0 Å². The minimum Gasteiger partial charge on any atom is -0.367 e. The molecular formula is C10H19NS. The van der Waals surface area contributed by atoms with E-state index in [2.05, 4.69) is 4.98 Å². The Morgan fingerprint density at radius 3 is 1.92 bits per heavy atom. The Kier molecular flexibility index (Phi) is 12.0. The monoisotopic (exact) mass is 185 g/mol. The Hall–Kier alpha value is -0.630. The van der Waals surface area contributed by atoms with E-state index in [4.69, 9.17) is 12.2 Å². The van der Waals surface area contributed by atoms with Crippen LogP contribution >= 0.6 is 12.2 Å². The third-order valence-corrected chi connectivity index (χ3v) is 1.48. The van der Waals surface area contributed by atoms with Crippen molar-refractivity contribution in [1.29, 1.82) is 0 Å². The second-order valence-electron chi connectivity index (χ2n) is 1.69. The quantitative estimate of drug-likeness (QED) is 0.601. The van der Waals surface area contributed by atoms with Crippen molar-refractivity contribution in [3.05, 3.63) is 28.5 Å². The summed E-state index contributed by atoms with van der Waals surface area (Å²) in [4.78, 5) is 2.93. The van der Waals surface area contributed by atoms with Gasteiger partial charge in [0.2, 0.25) is 0 Å². The van der Waals surface area contributed by atoms with Crippen LogP contribution in [0.3, 0.4) is 0 Å². The molecule has 0 aromatic carbocycles. The number of pyridine rings is 1. The van der Waals surface area contributed by atoms with Crippen LogP contribution < -0.4 is 0 Å². The van der Waals surface area contributed by atoms with Crippen molar-refractivity contribution in [1.82, 2.24) is 4.98 Å². The fourth-order valence-corrected chi connectivity index (χ4v) is 0.626. The third kappa shape index (κ3) is 6.10. The van der Waals surface area contributed by atoms with Gasteiger partial charge in [0.25, 0.3) is 0 Å². The molecule has 1 heterocycles. The van der Waals surface area contributed by atoms with E-state index in [9.17, 15) is 0 Å². The number of H-pyrrole nitrogens is 1. The van der Waals surface area contributed by atoms with Gasteiger partial charge in [-0.05, 0) is 18.6 Å². The lowest BCUT2D eigenvalue weighted by Gasteiger charge is -1.86. The highest BCUT2D eigenvalue weighted by molar-refractivity contribution is 7.71. The minimum absolute atomic E-state index is 0.920. The first-order valence-corrected chi connectivity index (χ1v) is 4.85. The van der Waals surface area contributed by atoms with E-state index in [-0.39, 0.29) is 0 Å². The molecule has 1 aromatic heterocycles. The minimum atomic E-state index is 0.920. The van der Waals surface area contributed by atoms with E-state index in [0.717, 1.165) is 10.1 Å².